The van der Waals surface area contributed by atoms with Gasteiger partial charge in [0.2, 0.25) is 0 Å². The van der Waals surface area contributed by atoms with Crippen molar-refractivity contribution in [2.45, 2.75) is 76.5 Å². The molecule has 0 aromatic carbocycles. The molecule has 1 heterocycles. The second-order valence-electron chi connectivity index (χ2n) is 9.19. The average molecular weight is 415 g/mol. The maximum atomic E-state index is 13.7. The molecule has 0 aromatic rings. The van der Waals surface area contributed by atoms with Gasteiger partial charge in [0.25, 0.3) is 0 Å². The maximum Gasteiger partial charge on any atom is 0.412 e. The van der Waals surface area contributed by atoms with E-state index in [2.05, 4.69) is 24.8 Å². The molecule has 2 unspecified atom stereocenters. The zero-order valence-electron chi connectivity index (χ0n) is 17.2. The normalized spacial score (nSPS) is 37.6. The van der Waals surface area contributed by atoms with Crippen LogP contribution in [0.25, 0.3) is 0 Å². The number of hydrogen-bond donors (Lipinski definition) is 0. The third-order valence-corrected chi connectivity index (χ3v) is 7.22. The quantitative estimate of drug-likeness (QED) is 0.333. The monoisotopic (exact) mass is 414 g/mol. The van der Waals surface area contributed by atoms with E-state index in [1.54, 1.807) is 0 Å². The Kier molecular flexibility index (Phi) is 8.00. The van der Waals surface area contributed by atoms with Gasteiger partial charge in [-0.15, -0.1) is 6.58 Å². The van der Waals surface area contributed by atoms with Crippen molar-refractivity contribution in [3.8, 4) is 0 Å². The fraction of sp³-hybridized carbons (Fsp3) is 0.750. The zero-order chi connectivity index (χ0) is 20.9. The Labute approximate surface area is 172 Å². The van der Waals surface area contributed by atoms with E-state index in [0.29, 0.717) is 30.6 Å². The largest absolute Gasteiger partial charge is 0.412 e. The lowest BCUT2D eigenvalue weighted by Gasteiger charge is -2.37. The Balaban J connectivity index is 1.37. The van der Waals surface area contributed by atoms with Gasteiger partial charge in [0.05, 0.1) is 18.8 Å². The summed E-state index contributed by atoms with van der Waals surface area (Å²) in [5.74, 6) is 0.877. The van der Waals surface area contributed by atoms with Crippen molar-refractivity contribution < 1.29 is 22.3 Å². The molecule has 164 valence electrons. The van der Waals surface area contributed by atoms with Crippen LogP contribution in [-0.4, -0.2) is 18.9 Å². The Hall–Kier alpha value is -1.10. The molecule has 1 nitrogen and oxygen atoms in total. The molecule has 2 saturated carbocycles. The lowest BCUT2D eigenvalue weighted by atomic mass is 9.74. The molecule has 2 aliphatic carbocycles. The van der Waals surface area contributed by atoms with Crippen molar-refractivity contribution in [3.63, 3.8) is 0 Å². The molecule has 3 fully saturated rings. The first-order chi connectivity index (χ1) is 13.8. The highest BCUT2D eigenvalue weighted by Crippen LogP contribution is 2.39. The van der Waals surface area contributed by atoms with E-state index in [4.69, 9.17) is 4.74 Å². The van der Waals surface area contributed by atoms with E-state index >= 15 is 0 Å². The summed E-state index contributed by atoms with van der Waals surface area (Å²) in [7, 11) is 0. The molecular weight excluding hydrogens is 380 g/mol. The summed E-state index contributed by atoms with van der Waals surface area (Å²) < 4.78 is 56.7. The molecule has 29 heavy (non-hydrogen) atoms. The van der Waals surface area contributed by atoms with Gasteiger partial charge in [-0.3, -0.25) is 0 Å². The van der Waals surface area contributed by atoms with Crippen LogP contribution < -0.4 is 0 Å². The molecule has 3 rings (SSSR count). The Morgan fingerprint density at radius 3 is 1.97 bits per heavy atom. The minimum absolute atomic E-state index is 0.148. The highest BCUT2D eigenvalue weighted by atomic mass is 19.4. The fourth-order valence-corrected chi connectivity index (χ4v) is 5.31. The highest BCUT2D eigenvalue weighted by Gasteiger charge is 2.31. The van der Waals surface area contributed by atoms with E-state index in [1.807, 2.05) is 0 Å². The van der Waals surface area contributed by atoms with Crippen LogP contribution in [0.2, 0.25) is 0 Å². The van der Waals surface area contributed by atoms with Gasteiger partial charge in [0.1, 0.15) is 5.83 Å². The molecular formula is C24H34F4O. The van der Waals surface area contributed by atoms with Crippen LogP contribution in [-0.2, 0) is 4.74 Å². The molecule has 1 saturated heterocycles. The van der Waals surface area contributed by atoms with Crippen LogP contribution in [0.5, 0.6) is 0 Å². The van der Waals surface area contributed by atoms with Gasteiger partial charge in [-0.2, -0.15) is 13.2 Å². The smallest absolute Gasteiger partial charge is 0.374 e. The number of ether oxygens (including phenoxy) is 1. The maximum absolute atomic E-state index is 13.7. The molecule has 0 aromatic heterocycles. The number of hydrogen-bond acceptors (Lipinski definition) is 1. The van der Waals surface area contributed by atoms with E-state index in [0.717, 1.165) is 31.8 Å². The summed E-state index contributed by atoms with van der Waals surface area (Å²) in [6.07, 6.45) is 11.6. The van der Waals surface area contributed by atoms with Gasteiger partial charge in [0, 0.05) is 5.92 Å². The van der Waals surface area contributed by atoms with E-state index in [9.17, 15) is 17.6 Å². The van der Waals surface area contributed by atoms with Crippen molar-refractivity contribution in [1.82, 2.24) is 0 Å². The van der Waals surface area contributed by atoms with Gasteiger partial charge in [-0.05, 0) is 87.9 Å². The van der Waals surface area contributed by atoms with E-state index in [1.165, 1.54) is 32.1 Å². The topological polar surface area (TPSA) is 9.23 Å². The standard InChI is InChI=1S/C24H34F4O/c1-2-17-3-8-19(9-4-17)21-12-14-22(29-16-21)13-7-18-5-10-20(11-6-18)23(25)15-24(26,27)28/h2,7,13,15,17-22H,1,3-6,8-12,14,16H2/b13-7+,23-15-. The molecule has 0 amide bonds. The number of rotatable bonds is 5. The summed E-state index contributed by atoms with van der Waals surface area (Å²) in [5.41, 5.74) is 0. The fourth-order valence-electron chi connectivity index (χ4n) is 5.31. The SMILES string of the molecule is C=CC1CCC(C2CCC(/C=C/C3CCC(/C(F)=C/C(F)(F)F)CC3)OC2)CC1. The summed E-state index contributed by atoms with van der Waals surface area (Å²) in [6, 6.07) is 0. The van der Waals surface area contributed by atoms with Gasteiger partial charge in [0.15, 0.2) is 0 Å². The van der Waals surface area contributed by atoms with Crippen LogP contribution in [0.1, 0.15) is 64.2 Å². The van der Waals surface area contributed by atoms with Crippen LogP contribution in [0, 0.1) is 29.6 Å². The van der Waals surface area contributed by atoms with Crippen molar-refractivity contribution in [3.05, 3.63) is 36.7 Å². The number of halogens is 4. The third-order valence-electron chi connectivity index (χ3n) is 7.22. The summed E-state index contributed by atoms with van der Waals surface area (Å²) in [4.78, 5) is 0. The number of allylic oxidation sites excluding steroid dienone is 4. The molecule has 0 radical (unpaired) electrons. The van der Waals surface area contributed by atoms with Crippen LogP contribution in [0.4, 0.5) is 17.6 Å². The minimum atomic E-state index is -4.57. The van der Waals surface area contributed by atoms with Crippen molar-refractivity contribution in [1.29, 1.82) is 0 Å². The minimum Gasteiger partial charge on any atom is -0.374 e. The van der Waals surface area contributed by atoms with Gasteiger partial charge >= 0.3 is 6.18 Å². The molecule has 0 spiro atoms. The first-order valence-electron chi connectivity index (χ1n) is 11.2. The van der Waals surface area contributed by atoms with Crippen LogP contribution in [0.3, 0.4) is 0 Å². The molecule has 0 bridgehead atoms. The Bertz CT molecular complexity index is 570. The third kappa shape index (κ3) is 6.97. The van der Waals surface area contributed by atoms with E-state index < -0.39 is 17.9 Å². The highest BCUT2D eigenvalue weighted by molar-refractivity contribution is 5.05. The van der Waals surface area contributed by atoms with Crippen molar-refractivity contribution >= 4 is 0 Å². The second-order valence-corrected chi connectivity index (χ2v) is 9.19. The average Bonchev–Trinajstić information content (AvgIpc) is 2.72. The molecule has 3 aliphatic rings. The van der Waals surface area contributed by atoms with Crippen molar-refractivity contribution in [2.24, 2.45) is 29.6 Å². The predicted octanol–water partition coefficient (Wildman–Crippen LogP) is 7.55. The molecule has 5 heteroatoms. The first kappa shape index (κ1) is 22.6. The Morgan fingerprint density at radius 2 is 1.41 bits per heavy atom. The lowest BCUT2D eigenvalue weighted by Crippen LogP contribution is -2.31. The van der Waals surface area contributed by atoms with Gasteiger partial charge in [-0.25, -0.2) is 4.39 Å². The van der Waals surface area contributed by atoms with Gasteiger partial charge < -0.3 is 4.74 Å². The summed E-state index contributed by atoms with van der Waals surface area (Å²) in [6.45, 7) is 4.75. The molecule has 2 atom stereocenters. The summed E-state index contributed by atoms with van der Waals surface area (Å²) in [5, 5.41) is 0. The molecule has 1 aliphatic heterocycles. The van der Waals surface area contributed by atoms with Crippen LogP contribution in [0.15, 0.2) is 36.7 Å². The van der Waals surface area contributed by atoms with Crippen LogP contribution >= 0.6 is 0 Å². The summed E-state index contributed by atoms with van der Waals surface area (Å²) >= 11 is 0. The number of alkyl halides is 3. The first-order valence-corrected chi connectivity index (χ1v) is 11.2. The second kappa shape index (κ2) is 10.3. The zero-order valence-corrected chi connectivity index (χ0v) is 17.2. The van der Waals surface area contributed by atoms with E-state index in [-0.39, 0.29) is 12.2 Å². The molecule has 0 N–H and O–H groups in total. The Morgan fingerprint density at radius 1 is 0.793 bits per heavy atom. The van der Waals surface area contributed by atoms with Crippen molar-refractivity contribution in [2.75, 3.05) is 6.61 Å². The lowest BCUT2D eigenvalue weighted by molar-refractivity contribution is -0.0821. The van der Waals surface area contributed by atoms with Gasteiger partial charge in [-0.1, -0.05) is 18.2 Å². The predicted molar refractivity (Wildman–Crippen MR) is 108 cm³/mol.